The maximum atomic E-state index is 10.7. The van der Waals surface area contributed by atoms with E-state index in [9.17, 15) is 24.0 Å². The molecule has 1 aliphatic heterocycles. The number of carboxylic acids is 5. The number of aliphatic carboxylic acids is 5. The van der Waals surface area contributed by atoms with E-state index in [0.717, 1.165) is 32.7 Å². The topological polar surface area (TPSA) is 202 Å². The lowest BCUT2D eigenvalue weighted by molar-refractivity contribution is -0.137. The Morgan fingerprint density at radius 2 is 1.00 bits per heavy atom. The van der Waals surface area contributed by atoms with E-state index in [1.54, 1.807) is 0 Å². The van der Waals surface area contributed by atoms with Crippen molar-refractivity contribution < 1.29 is 54.2 Å². The first-order chi connectivity index (χ1) is 20.5. The van der Waals surface area contributed by atoms with Gasteiger partial charge in [0, 0.05) is 63.6 Å². The Kier molecular flexibility index (Phi) is 14.3. The normalized spacial score (nSPS) is 14.6. The van der Waals surface area contributed by atoms with E-state index in [4.69, 9.17) is 30.3 Å². The minimum Gasteiger partial charge on any atom is -0.481 e. The third-order valence-corrected chi connectivity index (χ3v) is 6.31. The Morgan fingerprint density at radius 3 is 1.37 bits per heavy atom. The fourth-order valence-corrected chi connectivity index (χ4v) is 4.36. The number of piperazine rings is 1. The smallest absolute Gasteiger partial charge is 0.328 e. The van der Waals surface area contributed by atoms with Gasteiger partial charge in [-0.25, -0.2) is 19.2 Å². The Morgan fingerprint density at radius 1 is 0.628 bits per heavy atom. The molecule has 0 bridgehead atoms. The van der Waals surface area contributed by atoms with Gasteiger partial charge in [0.25, 0.3) is 0 Å². The van der Waals surface area contributed by atoms with E-state index in [0.29, 0.717) is 37.5 Å². The lowest BCUT2D eigenvalue weighted by Gasteiger charge is -2.34. The summed E-state index contributed by atoms with van der Waals surface area (Å²) in [4.78, 5) is 53.5. The van der Waals surface area contributed by atoms with Gasteiger partial charge >= 0.3 is 29.8 Å². The van der Waals surface area contributed by atoms with Crippen LogP contribution < -0.4 is 0 Å². The van der Waals surface area contributed by atoms with Crippen molar-refractivity contribution >= 4 is 29.8 Å². The zero-order chi connectivity index (χ0) is 31.8. The second-order valence-electron chi connectivity index (χ2n) is 9.27. The molecule has 1 heterocycles. The van der Waals surface area contributed by atoms with E-state index >= 15 is 0 Å². The molecule has 4 rings (SSSR count). The molecule has 0 atom stereocenters. The second-order valence-corrected chi connectivity index (χ2v) is 9.27. The maximum absolute atomic E-state index is 10.7. The highest BCUT2D eigenvalue weighted by atomic mass is 16.5. The van der Waals surface area contributed by atoms with Crippen LogP contribution in [-0.2, 0) is 28.7 Å². The van der Waals surface area contributed by atoms with Gasteiger partial charge in [0.1, 0.15) is 6.10 Å². The fraction of sp³-hybridized carbons (Fsp3) is 0.300. The summed E-state index contributed by atoms with van der Waals surface area (Å²) in [5.74, 6) is -5.75. The largest absolute Gasteiger partial charge is 0.481 e. The molecule has 0 amide bonds. The highest BCUT2D eigenvalue weighted by Crippen LogP contribution is 2.44. The van der Waals surface area contributed by atoms with E-state index in [2.05, 4.69) is 58.3 Å². The first-order valence-corrected chi connectivity index (χ1v) is 13.2. The summed E-state index contributed by atoms with van der Waals surface area (Å²) in [7, 11) is 0. The molecule has 0 aromatic heterocycles. The highest BCUT2D eigenvalue weighted by Gasteiger charge is 2.28. The molecule has 5 N–H and O–H groups in total. The van der Waals surface area contributed by atoms with Gasteiger partial charge < -0.3 is 35.2 Å². The number of fused-ring (bicyclic) bond motifs is 3. The van der Waals surface area contributed by atoms with Crippen molar-refractivity contribution in [2.75, 3.05) is 45.9 Å². The molecule has 230 valence electrons. The Balaban J connectivity index is 0.000000334. The second kappa shape index (κ2) is 17.9. The summed E-state index contributed by atoms with van der Waals surface area (Å²) < 4.78 is 6.33. The van der Waals surface area contributed by atoms with Crippen LogP contribution in [0.15, 0.2) is 72.8 Å². The van der Waals surface area contributed by atoms with Crippen molar-refractivity contribution in [3.63, 3.8) is 0 Å². The van der Waals surface area contributed by atoms with Crippen LogP contribution in [0.5, 0.6) is 0 Å². The number of nitrogens with zero attached hydrogens (tertiary/aromatic N) is 2. The minimum absolute atomic E-state index is 0.0225. The number of carboxylic acid groups (broad SMARTS) is 5. The number of carbonyl (C=O) groups is 5. The van der Waals surface area contributed by atoms with Crippen LogP contribution >= 0.6 is 0 Å². The summed E-state index contributed by atoms with van der Waals surface area (Å²) in [6, 6.07) is 17.0. The monoisotopic (exact) mass is 598 g/mol. The first kappa shape index (κ1) is 34.4. The number of rotatable bonds is 11. The van der Waals surface area contributed by atoms with Crippen molar-refractivity contribution in [2.45, 2.75) is 12.5 Å². The van der Waals surface area contributed by atoms with Gasteiger partial charge in [-0.05, 0) is 22.3 Å². The average Bonchev–Trinajstić information content (AvgIpc) is 3.29. The molecule has 0 saturated carbocycles. The summed E-state index contributed by atoms with van der Waals surface area (Å²) in [6.45, 7) is 6.07. The summed E-state index contributed by atoms with van der Waals surface area (Å²) >= 11 is 0. The summed E-state index contributed by atoms with van der Waals surface area (Å²) in [5.41, 5.74) is 5.09. The van der Waals surface area contributed by atoms with Crippen molar-refractivity contribution in [1.82, 2.24) is 9.80 Å². The van der Waals surface area contributed by atoms with Crippen LogP contribution in [0.1, 0.15) is 23.7 Å². The fourth-order valence-electron chi connectivity index (χ4n) is 4.36. The predicted molar refractivity (Wildman–Crippen MR) is 154 cm³/mol. The average molecular weight is 599 g/mol. The molecule has 13 nitrogen and oxygen atoms in total. The van der Waals surface area contributed by atoms with Crippen molar-refractivity contribution in [1.29, 1.82) is 0 Å². The van der Waals surface area contributed by atoms with E-state index in [1.807, 2.05) is 0 Å². The van der Waals surface area contributed by atoms with Crippen LogP contribution in [-0.4, -0.2) is 111 Å². The quantitative estimate of drug-likeness (QED) is 0.236. The predicted octanol–water partition coefficient (Wildman–Crippen LogP) is 2.29. The standard InChI is InChI=1S/C22H26N2O3.2C4H4O4/c25-21(26)9-10-23-11-13-24(14-12-23)15-16-27-22-19-7-3-1-5-17(19)18-6-2-4-8-20(18)22;2*5-3(6)1-2-4(7)8/h1-8,22H,9-16H2,(H,25,26);2*1-2H,(H,5,6)(H,7,8)/b;2*2-1+. The third-order valence-electron chi connectivity index (χ3n) is 6.31. The third kappa shape index (κ3) is 12.7. The van der Waals surface area contributed by atoms with E-state index < -0.39 is 29.8 Å². The van der Waals surface area contributed by atoms with Gasteiger partial charge in [-0.1, -0.05) is 48.5 Å². The lowest BCUT2D eigenvalue weighted by atomic mass is 10.1. The number of hydrogen-bond donors (Lipinski definition) is 5. The van der Waals surface area contributed by atoms with Gasteiger partial charge in [-0.2, -0.15) is 0 Å². The van der Waals surface area contributed by atoms with Crippen LogP contribution in [0.3, 0.4) is 0 Å². The zero-order valence-electron chi connectivity index (χ0n) is 23.2. The first-order valence-electron chi connectivity index (χ1n) is 13.2. The molecule has 1 fully saturated rings. The molecule has 13 heteroatoms. The van der Waals surface area contributed by atoms with Crippen LogP contribution in [0, 0.1) is 0 Å². The molecule has 1 saturated heterocycles. The van der Waals surface area contributed by atoms with Crippen LogP contribution in [0.2, 0.25) is 0 Å². The Bertz CT molecular complexity index is 1220. The summed E-state index contributed by atoms with van der Waals surface area (Å²) in [6.07, 6.45) is 2.48. The molecule has 2 aliphatic rings. The van der Waals surface area contributed by atoms with Crippen LogP contribution in [0.4, 0.5) is 0 Å². The van der Waals surface area contributed by atoms with E-state index in [1.165, 1.54) is 22.3 Å². The number of benzene rings is 2. The van der Waals surface area contributed by atoms with Gasteiger partial charge in [-0.15, -0.1) is 0 Å². The van der Waals surface area contributed by atoms with E-state index in [-0.39, 0.29) is 12.5 Å². The molecular formula is C30H34N2O11. The highest BCUT2D eigenvalue weighted by molar-refractivity contribution is 5.90. The van der Waals surface area contributed by atoms with Crippen molar-refractivity contribution in [3.8, 4) is 11.1 Å². The molecule has 2 aromatic rings. The SMILES string of the molecule is O=C(O)/C=C/C(=O)O.O=C(O)/C=C/C(=O)O.O=C(O)CCN1CCN(CCOC2c3ccccc3-c3ccccc32)CC1. The van der Waals surface area contributed by atoms with Gasteiger partial charge in [-0.3, -0.25) is 9.69 Å². The molecule has 1 aliphatic carbocycles. The van der Waals surface area contributed by atoms with Crippen molar-refractivity contribution in [3.05, 3.63) is 84.0 Å². The molecule has 43 heavy (non-hydrogen) atoms. The van der Waals surface area contributed by atoms with Gasteiger partial charge in [0.15, 0.2) is 0 Å². The van der Waals surface area contributed by atoms with Crippen molar-refractivity contribution in [2.24, 2.45) is 0 Å². The zero-order valence-corrected chi connectivity index (χ0v) is 23.2. The molecular weight excluding hydrogens is 564 g/mol. The minimum atomic E-state index is -1.26. The molecule has 0 spiro atoms. The molecule has 2 aromatic carbocycles. The summed E-state index contributed by atoms with van der Waals surface area (Å²) in [5, 5.41) is 40.1. The lowest BCUT2D eigenvalue weighted by Crippen LogP contribution is -2.47. The number of ether oxygens (including phenoxy) is 1. The molecule has 0 radical (unpaired) electrons. The molecule has 0 unspecified atom stereocenters. The van der Waals surface area contributed by atoms with Gasteiger partial charge in [0.05, 0.1) is 13.0 Å². The Hall–Kier alpha value is -4.85. The number of hydrogen-bond acceptors (Lipinski definition) is 8. The van der Waals surface area contributed by atoms with Crippen LogP contribution in [0.25, 0.3) is 11.1 Å². The maximum Gasteiger partial charge on any atom is 0.328 e. The Labute approximate surface area is 247 Å². The van der Waals surface area contributed by atoms with Gasteiger partial charge in [0.2, 0.25) is 0 Å².